The Morgan fingerprint density at radius 3 is 2.86 bits per heavy atom. The van der Waals surface area contributed by atoms with Gasteiger partial charge in [-0.1, -0.05) is 0 Å². The van der Waals surface area contributed by atoms with Crippen LogP contribution in [0.1, 0.15) is 11.1 Å². The van der Waals surface area contributed by atoms with Gasteiger partial charge in [-0.2, -0.15) is 5.10 Å². The number of nitrogens with zero attached hydrogens (tertiary/aromatic N) is 1. The summed E-state index contributed by atoms with van der Waals surface area (Å²) in [5.41, 5.74) is 3.72. The molecule has 0 aliphatic heterocycles. The van der Waals surface area contributed by atoms with Crippen LogP contribution in [-0.2, 0) is 4.79 Å². The molecular weight excluding hydrogens is 364 g/mol. The third kappa shape index (κ3) is 4.47. The molecule has 0 saturated heterocycles. The maximum atomic E-state index is 11.9. The molecule has 0 radical (unpaired) electrons. The first-order chi connectivity index (χ1) is 13.5. The van der Waals surface area contributed by atoms with E-state index in [1.807, 2.05) is 6.92 Å². The van der Waals surface area contributed by atoms with Crippen LogP contribution in [-0.4, -0.2) is 30.9 Å². The summed E-state index contributed by atoms with van der Waals surface area (Å²) in [6.07, 6.45) is 1.41. The number of carbonyl (C=O) groups excluding carboxylic acids is 1. The quantitative estimate of drug-likeness (QED) is 0.385. The van der Waals surface area contributed by atoms with Gasteiger partial charge in [0, 0.05) is 17.5 Å². The van der Waals surface area contributed by atoms with E-state index >= 15 is 0 Å². The maximum Gasteiger partial charge on any atom is 0.336 e. The Morgan fingerprint density at radius 2 is 2.07 bits per heavy atom. The predicted octanol–water partition coefficient (Wildman–Crippen LogP) is 2.34. The van der Waals surface area contributed by atoms with Crippen molar-refractivity contribution in [3.05, 3.63) is 64.0 Å². The summed E-state index contributed by atoms with van der Waals surface area (Å²) in [7, 11) is 1.44. The van der Waals surface area contributed by atoms with Gasteiger partial charge in [-0.25, -0.2) is 10.2 Å². The van der Waals surface area contributed by atoms with E-state index < -0.39 is 11.5 Å². The third-order valence-corrected chi connectivity index (χ3v) is 3.90. The van der Waals surface area contributed by atoms with E-state index in [-0.39, 0.29) is 12.4 Å². The minimum Gasteiger partial charge on any atom is -0.504 e. The van der Waals surface area contributed by atoms with Crippen molar-refractivity contribution < 1.29 is 23.8 Å². The van der Waals surface area contributed by atoms with Gasteiger partial charge < -0.3 is 19.0 Å². The van der Waals surface area contributed by atoms with E-state index in [4.69, 9.17) is 13.9 Å². The molecule has 0 saturated carbocycles. The summed E-state index contributed by atoms with van der Waals surface area (Å²) in [5, 5.41) is 14.2. The summed E-state index contributed by atoms with van der Waals surface area (Å²) < 4.78 is 15.6. The topological polar surface area (TPSA) is 110 Å². The van der Waals surface area contributed by atoms with Gasteiger partial charge in [-0.05, 0) is 48.4 Å². The normalized spacial score (nSPS) is 10.9. The van der Waals surface area contributed by atoms with Gasteiger partial charge in [0.1, 0.15) is 11.3 Å². The number of hydrogen-bond donors (Lipinski definition) is 2. The molecule has 0 aliphatic carbocycles. The molecule has 1 heterocycles. The van der Waals surface area contributed by atoms with Crippen molar-refractivity contribution in [2.24, 2.45) is 5.10 Å². The Kier molecular flexibility index (Phi) is 5.59. The molecule has 0 atom stereocenters. The zero-order valence-electron chi connectivity index (χ0n) is 15.3. The van der Waals surface area contributed by atoms with Crippen molar-refractivity contribution in [1.82, 2.24) is 5.43 Å². The number of fused-ring (bicyclic) bond motifs is 1. The van der Waals surface area contributed by atoms with Crippen molar-refractivity contribution in [3.8, 4) is 17.2 Å². The number of hydrogen-bond acceptors (Lipinski definition) is 7. The molecular formula is C20H18N2O6. The second kappa shape index (κ2) is 8.26. The Labute approximate surface area is 160 Å². The molecule has 8 heteroatoms. The lowest BCUT2D eigenvalue weighted by atomic mass is 10.1. The molecule has 1 amide bonds. The molecule has 8 nitrogen and oxygen atoms in total. The fourth-order valence-corrected chi connectivity index (χ4v) is 2.53. The minimum atomic E-state index is -0.465. The second-order valence-corrected chi connectivity index (χ2v) is 5.92. The standard InChI is InChI=1S/C20H18N2O6/c1-12-7-20(25)28-17-9-14(4-5-15(12)17)27-11-19(24)22-21-10-13-3-6-16(23)18(8-13)26-2/h3-10,23H,11H2,1-2H3,(H,22,24)/b21-10+. The van der Waals surface area contributed by atoms with Crippen LogP contribution in [0.3, 0.4) is 0 Å². The number of hydrazone groups is 1. The lowest BCUT2D eigenvalue weighted by Crippen LogP contribution is -2.24. The summed E-state index contributed by atoms with van der Waals surface area (Å²) in [6.45, 7) is 1.55. The fourth-order valence-electron chi connectivity index (χ4n) is 2.53. The van der Waals surface area contributed by atoms with E-state index in [1.54, 1.807) is 30.3 Å². The third-order valence-electron chi connectivity index (χ3n) is 3.90. The molecule has 2 N–H and O–H groups in total. The number of phenolic OH excluding ortho intramolecular Hbond substituents is 1. The van der Waals surface area contributed by atoms with Crippen molar-refractivity contribution in [2.75, 3.05) is 13.7 Å². The number of aryl methyl sites for hydroxylation is 1. The summed E-state index contributed by atoms with van der Waals surface area (Å²) in [4.78, 5) is 23.3. The first kappa shape index (κ1) is 19.0. The molecule has 2 aromatic carbocycles. The van der Waals surface area contributed by atoms with Crippen LogP contribution >= 0.6 is 0 Å². The van der Waals surface area contributed by atoms with Crippen molar-refractivity contribution in [1.29, 1.82) is 0 Å². The summed E-state index contributed by atoms with van der Waals surface area (Å²) in [6, 6.07) is 11.1. The van der Waals surface area contributed by atoms with Crippen LogP contribution in [0.15, 0.2) is 56.8 Å². The van der Waals surface area contributed by atoms with Crippen LogP contribution in [0.25, 0.3) is 11.0 Å². The number of ether oxygens (including phenoxy) is 2. The van der Waals surface area contributed by atoms with Crippen LogP contribution < -0.4 is 20.5 Å². The second-order valence-electron chi connectivity index (χ2n) is 5.92. The van der Waals surface area contributed by atoms with E-state index in [9.17, 15) is 14.7 Å². The van der Waals surface area contributed by atoms with Gasteiger partial charge in [0.2, 0.25) is 0 Å². The highest BCUT2D eigenvalue weighted by Crippen LogP contribution is 2.25. The molecule has 0 aliphatic rings. The molecule has 3 aromatic rings. The van der Waals surface area contributed by atoms with Gasteiger partial charge >= 0.3 is 5.63 Å². The Hall–Kier alpha value is -3.81. The zero-order valence-corrected chi connectivity index (χ0v) is 15.3. The molecule has 0 fully saturated rings. The number of rotatable bonds is 6. The largest absolute Gasteiger partial charge is 0.504 e. The summed E-state index contributed by atoms with van der Waals surface area (Å²) >= 11 is 0. The van der Waals surface area contributed by atoms with Crippen molar-refractivity contribution in [2.45, 2.75) is 6.92 Å². The number of methoxy groups -OCH3 is 1. The van der Waals surface area contributed by atoms with Gasteiger partial charge in [0.25, 0.3) is 5.91 Å². The summed E-state index contributed by atoms with van der Waals surface area (Å²) in [5.74, 6) is 0.242. The first-order valence-corrected chi connectivity index (χ1v) is 8.32. The maximum absolute atomic E-state index is 11.9. The van der Waals surface area contributed by atoms with E-state index in [0.29, 0.717) is 22.6 Å². The van der Waals surface area contributed by atoms with Crippen molar-refractivity contribution in [3.63, 3.8) is 0 Å². The Balaban J connectivity index is 1.58. The molecule has 3 rings (SSSR count). The van der Waals surface area contributed by atoms with Crippen molar-refractivity contribution >= 4 is 23.1 Å². The SMILES string of the molecule is COc1cc(/C=N/NC(=O)COc2ccc3c(C)cc(=O)oc3c2)ccc1O. The molecule has 144 valence electrons. The van der Waals surface area contributed by atoms with Gasteiger partial charge in [0.15, 0.2) is 18.1 Å². The van der Waals surface area contributed by atoms with Crippen LogP contribution in [0.5, 0.6) is 17.2 Å². The highest BCUT2D eigenvalue weighted by molar-refractivity contribution is 5.84. The molecule has 0 bridgehead atoms. The van der Waals surface area contributed by atoms with Crippen LogP contribution in [0.4, 0.5) is 0 Å². The predicted molar refractivity (Wildman–Crippen MR) is 103 cm³/mol. The Morgan fingerprint density at radius 1 is 1.25 bits per heavy atom. The van der Waals surface area contributed by atoms with Gasteiger partial charge in [-0.15, -0.1) is 0 Å². The van der Waals surface area contributed by atoms with E-state index in [0.717, 1.165) is 10.9 Å². The molecule has 1 aromatic heterocycles. The van der Waals surface area contributed by atoms with Gasteiger partial charge in [-0.3, -0.25) is 4.79 Å². The number of amides is 1. The number of nitrogens with one attached hydrogen (secondary N) is 1. The van der Waals surface area contributed by atoms with E-state index in [2.05, 4.69) is 10.5 Å². The molecule has 28 heavy (non-hydrogen) atoms. The highest BCUT2D eigenvalue weighted by Gasteiger charge is 2.06. The number of benzene rings is 2. The lowest BCUT2D eigenvalue weighted by Gasteiger charge is -2.07. The Bertz CT molecular complexity index is 1100. The highest BCUT2D eigenvalue weighted by atomic mass is 16.5. The van der Waals surface area contributed by atoms with Gasteiger partial charge in [0.05, 0.1) is 13.3 Å². The average molecular weight is 382 g/mol. The fraction of sp³-hybridized carbons (Fsp3) is 0.150. The lowest BCUT2D eigenvalue weighted by molar-refractivity contribution is -0.123. The zero-order chi connectivity index (χ0) is 20.1. The van der Waals surface area contributed by atoms with Crippen LogP contribution in [0.2, 0.25) is 0 Å². The minimum absolute atomic E-state index is 0.0125. The van der Waals surface area contributed by atoms with Crippen LogP contribution in [0, 0.1) is 6.92 Å². The molecule has 0 unspecified atom stereocenters. The number of aromatic hydroxyl groups is 1. The first-order valence-electron chi connectivity index (χ1n) is 8.32. The smallest absolute Gasteiger partial charge is 0.336 e. The molecule has 0 spiro atoms. The monoisotopic (exact) mass is 382 g/mol. The van der Waals surface area contributed by atoms with E-state index in [1.165, 1.54) is 25.5 Å². The average Bonchev–Trinajstić information content (AvgIpc) is 2.67. The number of phenols is 1. The number of carbonyl (C=O) groups is 1.